The molecule has 0 aliphatic heterocycles. The summed E-state index contributed by atoms with van der Waals surface area (Å²) in [6, 6.07) is 5.78. The Labute approximate surface area is 132 Å². The van der Waals surface area contributed by atoms with E-state index in [-0.39, 0.29) is 11.9 Å². The van der Waals surface area contributed by atoms with Crippen LogP contribution in [0.5, 0.6) is 0 Å². The molecule has 1 fully saturated rings. The number of benzene rings is 1. The van der Waals surface area contributed by atoms with Crippen LogP contribution in [-0.2, 0) is 0 Å². The molecule has 0 aromatic heterocycles. The van der Waals surface area contributed by atoms with Gasteiger partial charge in [-0.3, -0.25) is 4.79 Å². The molecule has 1 aliphatic rings. The second-order valence-electron chi connectivity index (χ2n) is 5.90. The summed E-state index contributed by atoms with van der Waals surface area (Å²) < 4.78 is 0. The summed E-state index contributed by atoms with van der Waals surface area (Å²) in [5.41, 5.74) is 7.58. The number of hydrogen-bond donors (Lipinski definition) is 1. The first-order valence-corrected chi connectivity index (χ1v) is 8.23. The van der Waals surface area contributed by atoms with E-state index in [9.17, 15) is 4.79 Å². The fourth-order valence-electron chi connectivity index (χ4n) is 3.35. The van der Waals surface area contributed by atoms with Gasteiger partial charge in [-0.15, -0.1) is 0 Å². The number of aryl methyl sites for hydroxylation is 1. The molecule has 0 radical (unpaired) electrons. The third-order valence-corrected chi connectivity index (χ3v) is 5.00. The number of hydrogen-bond acceptors (Lipinski definition) is 2. The van der Waals surface area contributed by atoms with Gasteiger partial charge in [0.2, 0.25) is 0 Å². The highest BCUT2D eigenvalue weighted by Gasteiger charge is 2.31. The molecular formula is C17H25ClN2O. The topological polar surface area (TPSA) is 46.3 Å². The average molecular weight is 309 g/mol. The monoisotopic (exact) mass is 308 g/mol. The highest BCUT2D eigenvalue weighted by molar-refractivity contribution is 6.31. The molecule has 4 heteroatoms. The minimum atomic E-state index is 0.0996. The molecule has 0 spiro atoms. The standard InChI is InChI=1S/C17H25ClN2O/c1-3-20(16-7-5-4-6-14(16)11-19)17(21)13-8-9-15(18)12(2)10-13/h8-10,14,16H,3-7,11,19H2,1-2H3. The third-order valence-electron chi connectivity index (χ3n) is 4.58. The van der Waals surface area contributed by atoms with Gasteiger partial charge in [-0.2, -0.15) is 0 Å². The highest BCUT2D eigenvalue weighted by atomic mass is 35.5. The molecule has 2 N–H and O–H groups in total. The lowest BCUT2D eigenvalue weighted by Gasteiger charge is -2.39. The van der Waals surface area contributed by atoms with Crippen LogP contribution in [0.25, 0.3) is 0 Å². The first-order chi connectivity index (χ1) is 10.1. The maximum Gasteiger partial charge on any atom is 0.254 e. The van der Waals surface area contributed by atoms with E-state index < -0.39 is 0 Å². The van der Waals surface area contributed by atoms with E-state index in [1.807, 2.05) is 30.9 Å². The molecular weight excluding hydrogens is 284 g/mol. The normalized spacial score (nSPS) is 22.1. The maximum atomic E-state index is 12.8. The Morgan fingerprint density at radius 1 is 1.38 bits per heavy atom. The van der Waals surface area contributed by atoms with E-state index in [2.05, 4.69) is 0 Å². The van der Waals surface area contributed by atoms with Crippen molar-refractivity contribution in [2.45, 2.75) is 45.6 Å². The maximum absolute atomic E-state index is 12.8. The average Bonchev–Trinajstić information content (AvgIpc) is 2.51. The van der Waals surface area contributed by atoms with Crippen molar-refractivity contribution in [3.8, 4) is 0 Å². The van der Waals surface area contributed by atoms with Gasteiger partial charge in [0, 0.05) is 23.2 Å². The molecule has 2 atom stereocenters. The largest absolute Gasteiger partial charge is 0.336 e. The van der Waals surface area contributed by atoms with E-state index in [0.717, 1.165) is 30.5 Å². The van der Waals surface area contributed by atoms with Gasteiger partial charge in [0.15, 0.2) is 0 Å². The van der Waals surface area contributed by atoms with Gasteiger partial charge in [0.1, 0.15) is 0 Å². The predicted molar refractivity (Wildman–Crippen MR) is 87.7 cm³/mol. The molecule has 1 amide bonds. The van der Waals surface area contributed by atoms with Crippen molar-refractivity contribution in [2.75, 3.05) is 13.1 Å². The fraction of sp³-hybridized carbons (Fsp3) is 0.588. The lowest BCUT2D eigenvalue weighted by atomic mass is 9.83. The van der Waals surface area contributed by atoms with Crippen molar-refractivity contribution in [1.82, 2.24) is 4.90 Å². The molecule has 116 valence electrons. The van der Waals surface area contributed by atoms with Gasteiger partial charge in [-0.25, -0.2) is 0 Å². The van der Waals surface area contributed by atoms with Gasteiger partial charge in [-0.05, 0) is 62.9 Å². The van der Waals surface area contributed by atoms with Gasteiger partial charge in [0.05, 0.1) is 0 Å². The number of carbonyl (C=O) groups is 1. The van der Waals surface area contributed by atoms with Gasteiger partial charge in [0.25, 0.3) is 5.91 Å². The minimum absolute atomic E-state index is 0.0996. The van der Waals surface area contributed by atoms with Crippen LogP contribution in [0.15, 0.2) is 18.2 Å². The molecule has 1 aliphatic carbocycles. The van der Waals surface area contributed by atoms with Crippen LogP contribution in [0, 0.1) is 12.8 Å². The van der Waals surface area contributed by atoms with E-state index in [1.54, 1.807) is 6.07 Å². The molecule has 0 heterocycles. The SMILES string of the molecule is CCN(C(=O)c1ccc(Cl)c(C)c1)C1CCCCC1CN. The number of rotatable bonds is 4. The Morgan fingerprint density at radius 3 is 2.71 bits per heavy atom. The number of halogens is 1. The quantitative estimate of drug-likeness (QED) is 0.923. The van der Waals surface area contributed by atoms with Crippen LogP contribution in [-0.4, -0.2) is 29.9 Å². The van der Waals surface area contributed by atoms with Crippen LogP contribution in [0.2, 0.25) is 5.02 Å². The molecule has 0 saturated heterocycles. The zero-order valence-corrected chi connectivity index (χ0v) is 13.7. The predicted octanol–water partition coefficient (Wildman–Crippen LogP) is 3.63. The minimum Gasteiger partial charge on any atom is -0.336 e. The Hall–Kier alpha value is -1.06. The van der Waals surface area contributed by atoms with Crippen LogP contribution in [0.4, 0.5) is 0 Å². The Morgan fingerprint density at radius 2 is 2.10 bits per heavy atom. The summed E-state index contributed by atoms with van der Waals surface area (Å²) in [5, 5.41) is 0.701. The molecule has 3 nitrogen and oxygen atoms in total. The van der Waals surface area contributed by atoms with Crippen molar-refractivity contribution in [1.29, 1.82) is 0 Å². The first kappa shape index (κ1) is 16.3. The van der Waals surface area contributed by atoms with E-state index in [4.69, 9.17) is 17.3 Å². The zero-order valence-electron chi connectivity index (χ0n) is 12.9. The summed E-state index contributed by atoms with van der Waals surface area (Å²) in [4.78, 5) is 14.8. The summed E-state index contributed by atoms with van der Waals surface area (Å²) in [6.07, 6.45) is 4.60. The van der Waals surface area contributed by atoms with Crippen LogP contribution in [0.3, 0.4) is 0 Å². The molecule has 1 aromatic carbocycles. The van der Waals surface area contributed by atoms with Crippen molar-refractivity contribution >= 4 is 17.5 Å². The first-order valence-electron chi connectivity index (χ1n) is 7.85. The van der Waals surface area contributed by atoms with E-state index in [1.165, 1.54) is 12.8 Å². The van der Waals surface area contributed by atoms with Crippen molar-refractivity contribution in [2.24, 2.45) is 11.7 Å². The van der Waals surface area contributed by atoms with E-state index in [0.29, 0.717) is 17.5 Å². The van der Waals surface area contributed by atoms with E-state index >= 15 is 0 Å². The number of carbonyl (C=O) groups excluding carboxylic acids is 1. The second kappa shape index (κ2) is 7.28. The summed E-state index contributed by atoms with van der Waals surface area (Å²) in [7, 11) is 0. The number of nitrogens with zero attached hydrogens (tertiary/aromatic N) is 1. The van der Waals surface area contributed by atoms with Crippen LogP contribution in [0.1, 0.15) is 48.5 Å². The summed E-state index contributed by atoms with van der Waals surface area (Å²) in [5.74, 6) is 0.527. The molecule has 1 saturated carbocycles. The highest BCUT2D eigenvalue weighted by Crippen LogP contribution is 2.29. The molecule has 21 heavy (non-hydrogen) atoms. The third kappa shape index (κ3) is 3.58. The fourth-order valence-corrected chi connectivity index (χ4v) is 3.46. The van der Waals surface area contributed by atoms with Gasteiger partial charge in [-0.1, -0.05) is 24.4 Å². The lowest BCUT2D eigenvalue weighted by molar-refractivity contribution is 0.0560. The summed E-state index contributed by atoms with van der Waals surface area (Å²) >= 11 is 6.05. The molecule has 1 aromatic rings. The summed E-state index contributed by atoms with van der Waals surface area (Å²) in [6.45, 7) is 5.36. The molecule has 2 unspecified atom stereocenters. The second-order valence-corrected chi connectivity index (χ2v) is 6.31. The van der Waals surface area contributed by atoms with Crippen molar-refractivity contribution < 1.29 is 4.79 Å². The van der Waals surface area contributed by atoms with Gasteiger partial charge >= 0.3 is 0 Å². The zero-order chi connectivity index (χ0) is 15.4. The van der Waals surface area contributed by atoms with Crippen molar-refractivity contribution in [3.63, 3.8) is 0 Å². The Kier molecular flexibility index (Phi) is 5.65. The van der Waals surface area contributed by atoms with Crippen LogP contribution >= 0.6 is 11.6 Å². The molecule has 0 bridgehead atoms. The Balaban J connectivity index is 2.22. The smallest absolute Gasteiger partial charge is 0.254 e. The Bertz CT molecular complexity index is 504. The van der Waals surface area contributed by atoms with Crippen LogP contribution < -0.4 is 5.73 Å². The lowest BCUT2D eigenvalue weighted by Crippen LogP contribution is -2.48. The molecule has 2 rings (SSSR count). The van der Waals surface area contributed by atoms with Gasteiger partial charge < -0.3 is 10.6 Å². The number of amides is 1. The number of nitrogens with two attached hydrogens (primary N) is 1. The van der Waals surface area contributed by atoms with Crippen molar-refractivity contribution in [3.05, 3.63) is 34.3 Å².